The SMILES string of the molecule is Nc1csc2nc(-c3cccc(Cl)c3)nn12. The predicted octanol–water partition coefficient (Wildman–Crippen LogP) is 2.69. The number of nitrogens with two attached hydrogens (primary N) is 1. The van der Waals surface area contributed by atoms with Crippen LogP contribution in [0.4, 0.5) is 5.82 Å². The molecule has 80 valence electrons. The van der Waals surface area contributed by atoms with Crippen LogP contribution in [0.15, 0.2) is 29.6 Å². The Balaban J connectivity index is 2.19. The summed E-state index contributed by atoms with van der Waals surface area (Å²) in [5.41, 5.74) is 6.63. The highest BCUT2D eigenvalue weighted by Crippen LogP contribution is 2.23. The highest BCUT2D eigenvalue weighted by molar-refractivity contribution is 7.15. The molecular weight excluding hydrogens is 244 g/mol. The van der Waals surface area contributed by atoms with Crippen molar-refractivity contribution in [1.82, 2.24) is 14.6 Å². The number of aromatic nitrogens is 3. The fourth-order valence-electron chi connectivity index (χ4n) is 1.46. The fraction of sp³-hybridized carbons (Fsp3) is 0. The minimum Gasteiger partial charge on any atom is -0.383 e. The number of halogens is 1. The van der Waals surface area contributed by atoms with Gasteiger partial charge in [0.2, 0.25) is 4.96 Å². The van der Waals surface area contributed by atoms with Gasteiger partial charge in [-0.25, -0.2) is 0 Å². The van der Waals surface area contributed by atoms with Gasteiger partial charge in [-0.3, -0.25) is 0 Å². The van der Waals surface area contributed by atoms with Crippen molar-refractivity contribution in [3.05, 3.63) is 34.7 Å². The van der Waals surface area contributed by atoms with Gasteiger partial charge in [0.15, 0.2) is 5.82 Å². The molecule has 1 aromatic carbocycles. The van der Waals surface area contributed by atoms with Gasteiger partial charge in [-0.05, 0) is 12.1 Å². The molecule has 0 aliphatic heterocycles. The molecule has 0 atom stereocenters. The van der Waals surface area contributed by atoms with E-state index in [0.717, 1.165) is 10.5 Å². The van der Waals surface area contributed by atoms with Crippen LogP contribution >= 0.6 is 22.9 Å². The zero-order valence-corrected chi connectivity index (χ0v) is 9.66. The Bertz CT molecular complexity index is 658. The quantitative estimate of drug-likeness (QED) is 0.722. The summed E-state index contributed by atoms with van der Waals surface area (Å²) in [6, 6.07) is 7.44. The third kappa shape index (κ3) is 1.45. The lowest BCUT2D eigenvalue weighted by molar-refractivity contribution is 0.994. The van der Waals surface area contributed by atoms with E-state index in [2.05, 4.69) is 10.1 Å². The Kier molecular flexibility index (Phi) is 2.08. The van der Waals surface area contributed by atoms with Crippen molar-refractivity contribution in [3.8, 4) is 11.4 Å². The number of rotatable bonds is 1. The Morgan fingerprint density at radius 2 is 2.25 bits per heavy atom. The maximum atomic E-state index is 5.91. The average molecular weight is 251 g/mol. The first-order valence-corrected chi connectivity index (χ1v) is 5.85. The van der Waals surface area contributed by atoms with E-state index in [1.807, 2.05) is 29.6 Å². The topological polar surface area (TPSA) is 56.2 Å². The van der Waals surface area contributed by atoms with Gasteiger partial charge in [0.25, 0.3) is 0 Å². The van der Waals surface area contributed by atoms with Gasteiger partial charge in [0.05, 0.1) is 0 Å². The number of hydrogen-bond acceptors (Lipinski definition) is 4. The van der Waals surface area contributed by atoms with Crippen LogP contribution in [0.5, 0.6) is 0 Å². The van der Waals surface area contributed by atoms with Gasteiger partial charge in [0.1, 0.15) is 5.82 Å². The van der Waals surface area contributed by atoms with E-state index in [0.29, 0.717) is 16.7 Å². The number of nitrogen functional groups attached to an aromatic ring is 1. The van der Waals surface area contributed by atoms with Crippen molar-refractivity contribution in [2.75, 3.05) is 5.73 Å². The number of thiazole rings is 1. The normalized spacial score (nSPS) is 11.1. The molecule has 0 aliphatic carbocycles. The van der Waals surface area contributed by atoms with Crippen molar-refractivity contribution in [1.29, 1.82) is 0 Å². The van der Waals surface area contributed by atoms with Gasteiger partial charge >= 0.3 is 0 Å². The molecule has 6 heteroatoms. The second-order valence-electron chi connectivity index (χ2n) is 3.30. The fourth-order valence-corrected chi connectivity index (χ4v) is 2.36. The van der Waals surface area contributed by atoms with Crippen LogP contribution in [0.3, 0.4) is 0 Å². The zero-order chi connectivity index (χ0) is 11.1. The Morgan fingerprint density at radius 1 is 1.38 bits per heavy atom. The maximum absolute atomic E-state index is 5.91. The summed E-state index contributed by atoms with van der Waals surface area (Å²) in [6.45, 7) is 0. The summed E-state index contributed by atoms with van der Waals surface area (Å²) in [5.74, 6) is 1.24. The minimum absolute atomic E-state index is 0.598. The number of nitrogens with zero attached hydrogens (tertiary/aromatic N) is 3. The van der Waals surface area contributed by atoms with Crippen molar-refractivity contribution < 1.29 is 0 Å². The van der Waals surface area contributed by atoms with Gasteiger partial charge < -0.3 is 5.73 Å². The number of hydrogen-bond donors (Lipinski definition) is 1. The van der Waals surface area contributed by atoms with Crippen LogP contribution in [0.1, 0.15) is 0 Å². The summed E-state index contributed by atoms with van der Waals surface area (Å²) in [6.07, 6.45) is 0. The minimum atomic E-state index is 0.598. The summed E-state index contributed by atoms with van der Waals surface area (Å²) in [5, 5.41) is 6.80. The average Bonchev–Trinajstić information content (AvgIpc) is 2.81. The molecule has 0 bridgehead atoms. The van der Waals surface area contributed by atoms with E-state index >= 15 is 0 Å². The molecule has 0 spiro atoms. The highest BCUT2D eigenvalue weighted by atomic mass is 35.5. The summed E-state index contributed by atoms with van der Waals surface area (Å²) in [7, 11) is 0. The van der Waals surface area contributed by atoms with Gasteiger partial charge in [-0.2, -0.15) is 9.50 Å². The molecule has 0 radical (unpaired) electrons. The van der Waals surface area contributed by atoms with E-state index in [1.165, 1.54) is 11.3 Å². The molecular formula is C10H7ClN4S. The van der Waals surface area contributed by atoms with E-state index in [-0.39, 0.29) is 0 Å². The van der Waals surface area contributed by atoms with E-state index < -0.39 is 0 Å². The van der Waals surface area contributed by atoms with Gasteiger partial charge in [-0.1, -0.05) is 23.7 Å². The highest BCUT2D eigenvalue weighted by Gasteiger charge is 2.09. The Morgan fingerprint density at radius 3 is 3.00 bits per heavy atom. The molecule has 0 fully saturated rings. The molecule has 2 aromatic heterocycles. The Labute approximate surface area is 100 Å². The predicted molar refractivity (Wildman–Crippen MR) is 65.7 cm³/mol. The lowest BCUT2D eigenvalue weighted by Gasteiger charge is -1.94. The van der Waals surface area contributed by atoms with Crippen LogP contribution in [0.25, 0.3) is 16.3 Å². The number of fused-ring (bicyclic) bond motifs is 1. The molecule has 0 amide bonds. The van der Waals surface area contributed by atoms with E-state index in [9.17, 15) is 0 Å². The second kappa shape index (κ2) is 3.47. The third-order valence-corrected chi connectivity index (χ3v) is 3.26. The lowest BCUT2D eigenvalue weighted by Crippen LogP contribution is -1.92. The van der Waals surface area contributed by atoms with Crippen LogP contribution in [-0.2, 0) is 0 Å². The van der Waals surface area contributed by atoms with Gasteiger partial charge in [-0.15, -0.1) is 16.4 Å². The molecule has 0 unspecified atom stereocenters. The van der Waals surface area contributed by atoms with Crippen LogP contribution in [0.2, 0.25) is 5.02 Å². The Hall–Kier alpha value is -1.59. The molecule has 3 rings (SSSR count). The van der Waals surface area contributed by atoms with Crippen LogP contribution in [-0.4, -0.2) is 14.6 Å². The van der Waals surface area contributed by atoms with E-state index in [1.54, 1.807) is 4.52 Å². The zero-order valence-electron chi connectivity index (χ0n) is 8.09. The first kappa shape index (κ1) is 9.62. The molecule has 2 heterocycles. The molecule has 2 N–H and O–H groups in total. The molecule has 16 heavy (non-hydrogen) atoms. The van der Waals surface area contributed by atoms with Crippen molar-refractivity contribution in [3.63, 3.8) is 0 Å². The summed E-state index contributed by atoms with van der Waals surface area (Å²) < 4.78 is 1.63. The van der Waals surface area contributed by atoms with E-state index in [4.69, 9.17) is 17.3 Å². The first-order chi connectivity index (χ1) is 7.74. The van der Waals surface area contributed by atoms with Crippen molar-refractivity contribution >= 4 is 33.7 Å². The number of anilines is 1. The molecule has 4 nitrogen and oxygen atoms in total. The summed E-state index contributed by atoms with van der Waals surface area (Å²) in [4.78, 5) is 5.16. The van der Waals surface area contributed by atoms with Crippen molar-refractivity contribution in [2.24, 2.45) is 0 Å². The largest absolute Gasteiger partial charge is 0.383 e. The maximum Gasteiger partial charge on any atom is 0.214 e. The third-order valence-electron chi connectivity index (χ3n) is 2.19. The second-order valence-corrected chi connectivity index (χ2v) is 4.57. The van der Waals surface area contributed by atoms with Crippen LogP contribution in [0, 0.1) is 0 Å². The standard InChI is InChI=1S/C10H7ClN4S/c11-7-3-1-2-6(4-7)9-13-10-15(14-9)8(12)5-16-10/h1-5H,12H2. The smallest absolute Gasteiger partial charge is 0.214 e. The van der Waals surface area contributed by atoms with Crippen molar-refractivity contribution in [2.45, 2.75) is 0 Å². The van der Waals surface area contributed by atoms with Gasteiger partial charge in [0, 0.05) is 16.0 Å². The lowest BCUT2D eigenvalue weighted by atomic mass is 10.2. The number of benzene rings is 1. The molecule has 0 saturated heterocycles. The summed E-state index contributed by atoms with van der Waals surface area (Å²) >= 11 is 7.38. The van der Waals surface area contributed by atoms with Crippen LogP contribution < -0.4 is 5.73 Å². The first-order valence-electron chi connectivity index (χ1n) is 4.60. The molecule has 0 saturated carbocycles. The molecule has 0 aliphatic rings. The monoisotopic (exact) mass is 250 g/mol. The molecule has 3 aromatic rings.